The van der Waals surface area contributed by atoms with Crippen LogP contribution in [0.15, 0.2) is 29.1 Å². The second kappa shape index (κ2) is 5.89. The fourth-order valence-corrected chi connectivity index (χ4v) is 3.86. The molecule has 0 saturated heterocycles. The number of nitrogens with zero attached hydrogens (tertiary/aromatic N) is 1. The van der Waals surface area contributed by atoms with E-state index in [2.05, 4.69) is 9.97 Å². The predicted octanol–water partition coefficient (Wildman–Crippen LogP) is 2.59. The number of esters is 1. The monoisotopic (exact) mass is 358 g/mol. The van der Waals surface area contributed by atoms with Crippen molar-refractivity contribution in [3.8, 4) is 11.5 Å². The largest absolute Gasteiger partial charge is 0.485 e. The maximum absolute atomic E-state index is 12.5. The minimum absolute atomic E-state index is 0.236. The molecule has 1 N–H and O–H groups in total. The fraction of sp³-hybridized carbons (Fsp3) is 0.235. The number of para-hydroxylation sites is 2. The number of methoxy groups -OCH3 is 1. The van der Waals surface area contributed by atoms with Crippen LogP contribution in [0.1, 0.15) is 27.2 Å². The summed E-state index contributed by atoms with van der Waals surface area (Å²) in [5, 5.41) is 0.395. The Morgan fingerprint density at radius 2 is 2.12 bits per heavy atom. The fourth-order valence-electron chi connectivity index (χ4n) is 2.75. The zero-order valence-electron chi connectivity index (χ0n) is 13.5. The van der Waals surface area contributed by atoms with Crippen LogP contribution >= 0.6 is 11.3 Å². The van der Waals surface area contributed by atoms with Gasteiger partial charge in [-0.15, -0.1) is 11.3 Å². The Morgan fingerprint density at radius 3 is 2.88 bits per heavy atom. The predicted molar refractivity (Wildman–Crippen MR) is 91.6 cm³/mol. The molecule has 8 heteroatoms. The number of benzene rings is 1. The Kier molecular flexibility index (Phi) is 3.69. The van der Waals surface area contributed by atoms with Gasteiger partial charge in [0.25, 0.3) is 5.56 Å². The highest BCUT2D eigenvalue weighted by atomic mass is 32.1. The van der Waals surface area contributed by atoms with E-state index in [9.17, 15) is 9.59 Å². The van der Waals surface area contributed by atoms with Gasteiger partial charge in [-0.25, -0.2) is 9.78 Å². The van der Waals surface area contributed by atoms with Crippen LogP contribution in [0.25, 0.3) is 10.2 Å². The van der Waals surface area contributed by atoms with E-state index < -0.39 is 12.1 Å². The highest BCUT2D eigenvalue weighted by Gasteiger charge is 2.26. The van der Waals surface area contributed by atoms with Gasteiger partial charge in [0.1, 0.15) is 16.3 Å². The minimum Gasteiger partial charge on any atom is -0.485 e. The van der Waals surface area contributed by atoms with Gasteiger partial charge in [-0.1, -0.05) is 12.1 Å². The molecule has 0 saturated carbocycles. The van der Waals surface area contributed by atoms with E-state index in [1.165, 1.54) is 7.11 Å². The molecule has 0 fully saturated rings. The summed E-state index contributed by atoms with van der Waals surface area (Å²) in [5.41, 5.74) is 0.254. The van der Waals surface area contributed by atoms with Crippen molar-refractivity contribution in [3.63, 3.8) is 0 Å². The van der Waals surface area contributed by atoms with Crippen LogP contribution < -0.4 is 15.0 Å². The van der Waals surface area contributed by atoms with Crippen molar-refractivity contribution >= 4 is 27.5 Å². The normalized spacial score (nSPS) is 16.0. The molecule has 7 nitrogen and oxygen atoms in total. The molecular weight excluding hydrogens is 344 g/mol. The van der Waals surface area contributed by atoms with Gasteiger partial charge in [-0.3, -0.25) is 4.79 Å². The number of aromatic nitrogens is 2. The lowest BCUT2D eigenvalue weighted by Gasteiger charge is -2.25. The van der Waals surface area contributed by atoms with E-state index in [1.54, 1.807) is 13.0 Å². The van der Waals surface area contributed by atoms with E-state index in [-0.39, 0.29) is 12.2 Å². The smallest absolute Gasteiger partial charge is 0.348 e. The zero-order chi connectivity index (χ0) is 17.6. The van der Waals surface area contributed by atoms with Crippen LogP contribution in [-0.4, -0.2) is 29.7 Å². The van der Waals surface area contributed by atoms with Crippen molar-refractivity contribution in [1.29, 1.82) is 0 Å². The Morgan fingerprint density at radius 1 is 1.36 bits per heavy atom. The molecule has 2 aromatic heterocycles. The third kappa shape index (κ3) is 2.54. The first kappa shape index (κ1) is 15.6. The van der Waals surface area contributed by atoms with Crippen LogP contribution in [0.4, 0.5) is 0 Å². The molecule has 0 amide bonds. The molecule has 3 aromatic rings. The topological polar surface area (TPSA) is 90.5 Å². The first-order chi connectivity index (χ1) is 12.1. The maximum Gasteiger partial charge on any atom is 0.348 e. The molecule has 1 aliphatic heterocycles. The summed E-state index contributed by atoms with van der Waals surface area (Å²) >= 11 is 1.13. The number of aromatic amines is 1. The van der Waals surface area contributed by atoms with E-state index in [0.29, 0.717) is 38.0 Å². The zero-order valence-corrected chi connectivity index (χ0v) is 14.3. The van der Waals surface area contributed by atoms with Gasteiger partial charge in [0.05, 0.1) is 12.5 Å². The average molecular weight is 358 g/mol. The Bertz CT molecular complexity index is 1040. The number of thiophene rings is 1. The van der Waals surface area contributed by atoms with Crippen molar-refractivity contribution in [2.45, 2.75) is 13.0 Å². The summed E-state index contributed by atoms with van der Waals surface area (Å²) in [7, 11) is 1.31. The summed E-state index contributed by atoms with van der Waals surface area (Å²) in [4.78, 5) is 32.4. The number of rotatable bonds is 2. The SMILES string of the molecule is COC(=O)c1sc2nc(C3COc4ccccc4O3)[nH]c(=O)c2c1C. The third-order valence-corrected chi connectivity index (χ3v) is 5.17. The Hall–Kier alpha value is -2.87. The molecule has 3 heterocycles. The van der Waals surface area contributed by atoms with E-state index in [1.807, 2.05) is 18.2 Å². The maximum atomic E-state index is 12.5. The van der Waals surface area contributed by atoms with E-state index >= 15 is 0 Å². The van der Waals surface area contributed by atoms with Gasteiger partial charge < -0.3 is 19.2 Å². The summed E-state index contributed by atoms with van der Waals surface area (Å²) in [5.74, 6) is 1.14. The number of aryl methyl sites for hydroxylation is 1. The van der Waals surface area contributed by atoms with Gasteiger partial charge >= 0.3 is 5.97 Å². The van der Waals surface area contributed by atoms with Gasteiger partial charge in [0, 0.05) is 0 Å². The van der Waals surface area contributed by atoms with Crippen LogP contribution in [0, 0.1) is 6.92 Å². The third-order valence-electron chi connectivity index (χ3n) is 4.00. The lowest BCUT2D eigenvalue weighted by Crippen LogP contribution is -2.26. The van der Waals surface area contributed by atoms with E-state index in [4.69, 9.17) is 14.2 Å². The second-order valence-corrected chi connectivity index (χ2v) is 6.54. The summed E-state index contributed by atoms with van der Waals surface area (Å²) < 4.78 is 16.3. The molecule has 0 bridgehead atoms. The number of ether oxygens (including phenoxy) is 3. The highest BCUT2D eigenvalue weighted by Crippen LogP contribution is 2.35. The standard InChI is InChI=1S/C17H14N2O5S/c1-8-12-15(20)18-14(19-16(12)25-13(8)17(21)22-2)11-7-23-9-5-3-4-6-10(9)24-11/h3-6,11H,7H2,1-2H3,(H,18,19,20). The Labute approximate surface area is 146 Å². The van der Waals surface area contributed by atoms with Crippen molar-refractivity contribution in [1.82, 2.24) is 9.97 Å². The number of carbonyl (C=O) groups excluding carboxylic acids is 1. The highest BCUT2D eigenvalue weighted by molar-refractivity contribution is 7.20. The second-order valence-electron chi connectivity index (χ2n) is 5.54. The van der Waals surface area contributed by atoms with Gasteiger partial charge in [0.15, 0.2) is 23.4 Å². The lowest BCUT2D eigenvalue weighted by atomic mass is 10.2. The molecule has 25 heavy (non-hydrogen) atoms. The average Bonchev–Trinajstić information content (AvgIpc) is 2.97. The molecule has 1 atom stereocenters. The molecule has 1 aliphatic rings. The molecular formula is C17H14N2O5S. The van der Waals surface area contributed by atoms with Gasteiger partial charge in [0.2, 0.25) is 0 Å². The molecule has 1 unspecified atom stereocenters. The molecule has 0 aliphatic carbocycles. The summed E-state index contributed by atoms with van der Waals surface area (Å²) in [6.07, 6.45) is -0.531. The lowest BCUT2D eigenvalue weighted by molar-refractivity contribution is 0.0605. The minimum atomic E-state index is -0.531. The summed E-state index contributed by atoms with van der Waals surface area (Å²) in [6.45, 7) is 1.94. The van der Waals surface area contributed by atoms with Crippen molar-refractivity contribution in [2.24, 2.45) is 0 Å². The number of hydrogen-bond acceptors (Lipinski definition) is 7. The van der Waals surface area contributed by atoms with E-state index in [0.717, 1.165) is 11.3 Å². The van der Waals surface area contributed by atoms with Crippen molar-refractivity contribution in [2.75, 3.05) is 13.7 Å². The molecule has 1 aromatic carbocycles. The molecule has 4 rings (SSSR count). The number of H-pyrrole nitrogens is 1. The van der Waals surface area contributed by atoms with Crippen molar-refractivity contribution in [3.05, 3.63) is 50.9 Å². The van der Waals surface area contributed by atoms with Crippen LogP contribution in [0.3, 0.4) is 0 Å². The molecule has 0 radical (unpaired) electrons. The number of nitrogens with one attached hydrogen (secondary N) is 1. The first-order valence-corrected chi connectivity index (χ1v) is 8.40. The van der Waals surface area contributed by atoms with Gasteiger partial charge in [-0.2, -0.15) is 0 Å². The molecule has 0 spiro atoms. The first-order valence-electron chi connectivity index (χ1n) is 7.58. The molecule has 128 valence electrons. The van der Waals surface area contributed by atoms with Crippen LogP contribution in [-0.2, 0) is 4.74 Å². The number of hydrogen-bond donors (Lipinski definition) is 1. The quantitative estimate of drug-likeness (QED) is 0.708. The summed E-state index contributed by atoms with van der Waals surface area (Å²) in [6, 6.07) is 7.31. The van der Waals surface area contributed by atoms with Gasteiger partial charge in [-0.05, 0) is 24.6 Å². The number of fused-ring (bicyclic) bond motifs is 2. The van der Waals surface area contributed by atoms with Crippen molar-refractivity contribution < 1.29 is 19.0 Å². The Balaban J connectivity index is 1.77. The van der Waals surface area contributed by atoms with Crippen LogP contribution in [0.5, 0.6) is 11.5 Å². The number of carbonyl (C=O) groups is 1. The van der Waals surface area contributed by atoms with Crippen LogP contribution in [0.2, 0.25) is 0 Å².